The fraction of sp³-hybridized carbons (Fsp3) is 0.0385. The number of nitriles is 2. The second-order valence-corrected chi connectivity index (χ2v) is 14.6. The Morgan fingerprint density at radius 1 is 0.382 bits per heavy atom. The van der Waals surface area contributed by atoms with Gasteiger partial charge < -0.3 is 4.57 Å². The molecule has 1 aromatic heterocycles. The quantitative estimate of drug-likeness (QED) is 0.184. The summed E-state index contributed by atoms with van der Waals surface area (Å²) in [6.07, 6.45) is 0. The third-order valence-corrected chi connectivity index (χ3v) is 11.9. The topological polar surface area (TPSA) is 52.5 Å². The molecule has 3 nitrogen and oxygen atoms in total. The van der Waals surface area contributed by atoms with Gasteiger partial charge in [-0.2, -0.15) is 10.5 Å². The first-order valence-electron chi connectivity index (χ1n) is 18.7. The van der Waals surface area contributed by atoms with E-state index in [1.807, 2.05) is 24.3 Å². The van der Waals surface area contributed by atoms with E-state index in [1.165, 1.54) is 22.3 Å². The van der Waals surface area contributed by atoms with Crippen LogP contribution in [0.2, 0.25) is 0 Å². The molecule has 55 heavy (non-hydrogen) atoms. The minimum atomic E-state index is -0.141. The van der Waals surface area contributed by atoms with Gasteiger partial charge in [0.15, 0.2) is 0 Å². The molecule has 3 heteroatoms. The summed E-state index contributed by atoms with van der Waals surface area (Å²) < 4.78 is 2.29. The van der Waals surface area contributed by atoms with Gasteiger partial charge in [-0.05, 0) is 103 Å². The molecule has 3 aliphatic carbocycles. The van der Waals surface area contributed by atoms with Gasteiger partial charge >= 0.3 is 0 Å². The summed E-state index contributed by atoms with van der Waals surface area (Å²) >= 11 is 0. The molecule has 9 aromatic rings. The van der Waals surface area contributed by atoms with Gasteiger partial charge in [-0.25, -0.2) is 0 Å². The smallest absolute Gasteiger partial charge is 0.102 e. The second-order valence-electron chi connectivity index (χ2n) is 14.6. The molecule has 0 aliphatic heterocycles. The summed E-state index contributed by atoms with van der Waals surface area (Å²) in [7, 11) is 0. The van der Waals surface area contributed by atoms with E-state index in [1.54, 1.807) is 0 Å². The number of rotatable bonds is 4. The summed E-state index contributed by atoms with van der Waals surface area (Å²) in [6, 6.07) is 67.4. The summed E-state index contributed by atoms with van der Waals surface area (Å²) in [4.78, 5) is 0. The second kappa shape index (κ2) is 12.0. The van der Waals surface area contributed by atoms with Crippen LogP contribution in [0.1, 0.15) is 56.3 Å². The highest BCUT2D eigenvalue weighted by Gasteiger charge is 2.44. The van der Waals surface area contributed by atoms with E-state index in [2.05, 4.69) is 168 Å². The highest BCUT2D eigenvalue weighted by atomic mass is 15.0. The molecule has 0 spiro atoms. The van der Waals surface area contributed by atoms with Gasteiger partial charge in [-0.1, -0.05) is 140 Å². The summed E-state index contributed by atoms with van der Waals surface area (Å²) in [5.74, 6) is -0.247. The van der Waals surface area contributed by atoms with E-state index >= 15 is 0 Å². The third-order valence-electron chi connectivity index (χ3n) is 11.9. The molecule has 2 unspecified atom stereocenters. The standard InChI is InChI=1S/C52H31N3/c53-30-38-14-9-17-41-49(38)50-39-15-7-8-16-40(39)51(41)52-42(50)24-27-48(45(52)31-54)55-46-25-22-36(33-12-5-2-6-13-33)28-43(46)44-29-37(23-26-47(44)55)35-20-18-34(19-21-35)32-10-3-1-4-11-32/h1-29,50-51H. The lowest BCUT2D eigenvalue weighted by atomic mass is 9.59. The van der Waals surface area contributed by atoms with Crippen LogP contribution in [0.4, 0.5) is 0 Å². The number of hydrogen-bond acceptors (Lipinski definition) is 2. The Kier molecular flexibility index (Phi) is 6.81. The average Bonchev–Trinajstić information content (AvgIpc) is 3.59. The van der Waals surface area contributed by atoms with E-state index in [4.69, 9.17) is 0 Å². The SMILES string of the molecule is N#Cc1cccc2c1C1c3ccccc3C2c2c1ccc(-n1c3ccc(-c4ccccc4)cc3c3cc(-c4ccc(-c5ccccc5)cc4)ccc31)c2C#N. The van der Waals surface area contributed by atoms with Crippen LogP contribution in [0.15, 0.2) is 176 Å². The first-order chi connectivity index (χ1) is 27.2. The number of aromatic nitrogens is 1. The van der Waals surface area contributed by atoms with Crippen LogP contribution in [-0.2, 0) is 0 Å². The van der Waals surface area contributed by atoms with Crippen LogP contribution in [0.5, 0.6) is 0 Å². The van der Waals surface area contributed by atoms with Crippen molar-refractivity contribution in [3.8, 4) is 51.2 Å². The molecule has 0 saturated heterocycles. The molecule has 2 bridgehead atoms. The molecule has 0 radical (unpaired) electrons. The Bertz CT molecular complexity index is 3100. The largest absolute Gasteiger partial charge is 0.308 e. The third kappa shape index (κ3) is 4.54. The highest BCUT2D eigenvalue weighted by Crippen LogP contribution is 2.58. The lowest BCUT2D eigenvalue weighted by molar-refractivity contribution is 0.748. The summed E-state index contributed by atoms with van der Waals surface area (Å²) in [5, 5.41) is 23.7. The number of fused-ring (bicyclic) bond motifs is 3. The predicted molar refractivity (Wildman–Crippen MR) is 221 cm³/mol. The zero-order chi connectivity index (χ0) is 36.6. The van der Waals surface area contributed by atoms with Gasteiger partial charge in [-0.15, -0.1) is 0 Å². The molecule has 0 saturated carbocycles. The van der Waals surface area contributed by atoms with Crippen molar-refractivity contribution >= 4 is 21.8 Å². The van der Waals surface area contributed by atoms with Crippen LogP contribution < -0.4 is 0 Å². The highest BCUT2D eigenvalue weighted by molar-refractivity contribution is 6.12. The first kappa shape index (κ1) is 31.1. The minimum Gasteiger partial charge on any atom is -0.308 e. The molecular formula is C52H31N3. The molecule has 0 N–H and O–H groups in total. The van der Waals surface area contributed by atoms with Gasteiger partial charge in [0.2, 0.25) is 0 Å². The fourth-order valence-electron chi connectivity index (χ4n) is 9.50. The monoisotopic (exact) mass is 697 g/mol. The van der Waals surface area contributed by atoms with E-state index in [0.717, 1.165) is 72.0 Å². The minimum absolute atomic E-state index is 0.106. The van der Waals surface area contributed by atoms with Crippen molar-refractivity contribution in [2.75, 3.05) is 0 Å². The number of benzene rings is 8. The van der Waals surface area contributed by atoms with Gasteiger partial charge in [0.1, 0.15) is 6.07 Å². The Morgan fingerprint density at radius 3 is 1.44 bits per heavy atom. The van der Waals surface area contributed by atoms with Crippen molar-refractivity contribution in [2.24, 2.45) is 0 Å². The molecule has 12 rings (SSSR count). The van der Waals surface area contributed by atoms with Crippen molar-refractivity contribution in [1.29, 1.82) is 10.5 Å². The van der Waals surface area contributed by atoms with E-state index in [0.29, 0.717) is 11.1 Å². The maximum absolute atomic E-state index is 11.2. The molecule has 1 heterocycles. The number of nitrogens with zero attached hydrogens (tertiary/aromatic N) is 3. The van der Waals surface area contributed by atoms with Crippen LogP contribution in [-0.4, -0.2) is 4.57 Å². The van der Waals surface area contributed by atoms with Gasteiger partial charge in [0, 0.05) is 22.6 Å². The van der Waals surface area contributed by atoms with Gasteiger partial charge in [0.25, 0.3) is 0 Å². The van der Waals surface area contributed by atoms with Gasteiger partial charge in [0.05, 0.1) is 33.9 Å². The van der Waals surface area contributed by atoms with Crippen molar-refractivity contribution in [2.45, 2.75) is 11.8 Å². The Balaban J connectivity index is 1.14. The van der Waals surface area contributed by atoms with Crippen LogP contribution in [0.25, 0.3) is 60.9 Å². The molecule has 8 aromatic carbocycles. The maximum atomic E-state index is 11.2. The Morgan fingerprint density at radius 2 is 0.855 bits per heavy atom. The van der Waals surface area contributed by atoms with E-state index < -0.39 is 0 Å². The lowest BCUT2D eigenvalue weighted by Gasteiger charge is -2.43. The molecule has 254 valence electrons. The van der Waals surface area contributed by atoms with E-state index in [9.17, 15) is 10.5 Å². The average molecular weight is 698 g/mol. The van der Waals surface area contributed by atoms with Crippen molar-refractivity contribution in [3.63, 3.8) is 0 Å². The molecule has 0 amide bonds. The molecular weight excluding hydrogens is 667 g/mol. The lowest BCUT2D eigenvalue weighted by Crippen LogP contribution is -2.29. The summed E-state index contributed by atoms with van der Waals surface area (Å²) in [6.45, 7) is 0. The fourth-order valence-corrected chi connectivity index (χ4v) is 9.50. The van der Waals surface area contributed by atoms with Gasteiger partial charge in [-0.3, -0.25) is 0 Å². The van der Waals surface area contributed by atoms with Crippen LogP contribution >= 0.6 is 0 Å². The Hall–Kier alpha value is -7.46. The Labute approximate surface area is 319 Å². The zero-order valence-electron chi connectivity index (χ0n) is 29.7. The van der Waals surface area contributed by atoms with Crippen molar-refractivity contribution in [3.05, 3.63) is 220 Å². The maximum Gasteiger partial charge on any atom is 0.102 e. The number of hydrogen-bond donors (Lipinski definition) is 0. The predicted octanol–water partition coefficient (Wildman–Crippen LogP) is 12.5. The van der Waals surface area contributed by atoms with Crippen LogP contribution in [0.3, 0.4) is 0 Å². The molecule has 2 atom stereocenters. The van der Waals surface area contributed by atoms with Crippen molar-refractivity contribution in [1.82, 2.24) is 4.57 Å². The van der Waals surface area contributed by atoms with Crippen LogP contribution in [0, 0.1) is 22.7 Å². The molecule has 3 aliphatic rings. The normalized spacial score (nSPS) is 14.9. The van der Waals surface area contributed by atoms with Crippen molar-refractivity contribution < 1.29 is 0 Å². The molecule has 0 fully saturated rings. The van der Waals surface area contributed by atoms with E-state index in [-0.39, 0.29) is 11.8 Å². The zero-order valence-corrected chi connectivity index (χ0v) is 29.7. The first-order valence-corrected chi connectivity index (χ1v) is 18.7. The summed E-state index contributed by atoms with van der Waals surface area (Å²) in [5.41, 5.74) is 18.2.